The van der Waals surface area contributed by atoms with E-state index in [0.717, 1.165) is 39.5 Å². The maximum absolute atomic E-state index is 6.17. The van der Waals surface area contributed by atoms with E-state index in [-0.39, 0.29) is 6.04 Å². The Morgan fingerprint density at radius 3 is 2.76 bits per heavy atom. The molecule has 5 heteroatoms. The van der Waals surface area contributed by atoms with E-state index < -0.39 is 0 Å². The quantitative estimate of drug-likeness (QED) is 0.680. The highest BCUT2D eigenvalue weighted by Gasteiger charge is 2.17. The van der Waals surface area contributed by atoms with Gasteiger partial charge in [0.15, 0.2) is 0 Å². The minimum Gasteiger partial charge on any atom is -0.496 e. The molecule has 0 amide bonds. The molecule has 0 radical (unpaired) electrons. The summed E-state index contributed by atoms with van der Waals surface area (Å²) in [6.07, 6.45) is 2.01. The largest absolute Gasteiger partial charge is 0.496 e. The van der Waals surface area contributed by atoms with E-state index in [1.165, 1.54) is 4.88 Å². The first kappa shape index (κ1) is 16.8. The number of nitrogens with one attached hydrogen (secondary N) is 1. The first-order valence-corrected chi connectivity index (χ1v) is 8.93. The molecule has 1 heterocycles. The van der Waals surface area contributed by atoms with Crippen LogP contribution in [0, 0.1) is 0 Å². The molecular weight excluding hydrogens is 370 g/mol. The SMILES string of the molecule is CCCNC(Cc1ccc(Br)s1)c1cc(Cl)ccc1OC. The van der Waals surface area contributed by atoms with Crippen molar-refractivity contribution in [1.82, 2.24) is 5.32 Å². The average molecular weight is 389 g/mol. The molecule has 0 aliphatic heterocycles. The Bertz CT molecular complexity index is 587. The fourth-order valence-electron chi connectivity index (χ4n) is 2.25. The summed E-state index contributed by atoms with van der Waals surface area (Å²) in [5, 5.41) is 4.34. The van der Waals surface area contributed by atoms with Gasteiger partial charge in [0.25, 0.3) is 0 Å². The van der Waals surface area contributed by atoms with Crippen LogP contribution in [0.15, 0.2) is 34.1 Å². The van der Waals surface area contributed by atoms with Gasteiger partial charge < -0.3 is 10.1 Å². The van der Waals surface area contributed by atoms with Crippen LogP contribution < -0.4 is 10.1 Å². The van der Waals surface area contributed by atoms with Gasteiger partial charge in [-0.15, -0.1) is 11.3 Å². The molecule has 0 aliphatic carbocycles. The summed E-state index contributed by atoms with van der Waals surface area (Å²) in [6.45, 7) is 3.13. The van der Waals surface area contributed by atoms with Gasteiger partial charge in [0.05, 0.1) is 10.9 Å². The Kier molecular flexibility index (Phi) is 6.55. The van der Waals surface area contributed by atoms with Crippen LogP contribution in [-0.2, 0) is 6.42 Å². The smallest absolute Gasteiger partial charge is 0.123 e. The molecule has 0 aliphatic rings. The van der Waals surface area contributed by atoms with Crippen LogP contribution >= 0.6 is 38.9 Å². The molecule has 0 spiro atoms. The second kappa shape index (κ2) is 8.18. The molecular formula is C16H19BrClNOS. The molecule has 1 unspecified atom stereocenters. The molecule has 0 fully saturated rings. The van der Waals surface area contributed by atoms with Gasteiger partial charge in [-0.3, -0.25) is 0 Å². The fourth-order valence-corrected chi connectivity index (χ4v) is 3.96. The van der Waals surface area contributed by atoms with Crippen molar-refractivity contribution >= 4 is 38.9 Å². The summed E-state index contributed by atoms with van der Waals surface area (Å²) in [6, 6.07) is 10.2. The van der Waals surface area contributed by atoms with E-state index in [4.69, 9.17) is 16.3 Å². The number of thiophene rings is 1. The average Bonchev–Trinajstić information content (AvgIpc) is 2.88. The lowest BCUT2D eigenvalue weighted by Crippen LogP contribution is -2.24. The molecule has 2 rings (SSSR count). The Hall–Kier alpha value is -0.550. The summed E-state index contributed by atoms with van der Waals surface area (Å²) >= 11 is 11.5. The van der Waals surface area contributed by atoms with Crippen molar-refractivity contribution < 1.29 is 4.74 Å². The van der Waals surface area contributed by atoms with E-state index in [1.54, 1.807) is 18.4 Å². The molecule has 1 aromatic carbocycles. The normalized spacial score (nSPS) is 12.4. The number of hydrogen-bond acceptors (Lipinski definition) is 3. The zero-order valence-electron chi connectivity index (χ0n) is 12.2. The topological polar surface area (TPSA) is 21.3 Å². The lowest BCUT2D eigenvalue weighted by Gasteiger charge is -2.21. The molecule has 2 nitrogen and oxygen atoms in total. The van der Waals surface area contributed by atoms with Crippen molar-refractivity contribution in [3.63, 3.8) is 0 Å². The first-order valence-electron chi connectivity index (χ1n) is 6.95. The molecule has 1 aromatic heterocycles. The maximum Gasteiger partial charge on any atom is 0.123 e. The molecule has 0 saturated carbocycles. The van der Waals surface area contributed by atoms with Crippen molar-refractivity contribution in [1.29, 1.82) is 0 Å². The van der Waals surface area contributed by atoms with Crippen LogP contribution in [-0.4, -0.2) is 13.7 Å². The van der Waals surface area contributed by atoms with Crippen LogP contribution in [0.4, 0.5) is 0 Å². The monoisotopic (exact) mass is 387 g/mol. The Labute approximate surface area is 143 Å². The van der Waals surface area contributed by atoms with Crippen molar-refractivity contribution in [2.24, 2.45) is 0 Å². The highest BCUT2D eigenvalue weighted by atomic mass is 79.9. The Morgan fingerprint density at radius 2 is 2.14 bits per heavy atom. The summed E-state index contributed by atoms with van der Waals surface area (Å²) in [7, 11) is 1.70. The second-order valence-electron chi connectivity index (χ2n) is 4.80. The van der Waals surface area contributed by atoms with E-state index in [0.29, 0.717) is 0 Å². The van der Waals surface area contributed by atoms with Crippen LogP contribution in [0.25, 0.3) is 0 Å². The Morgan fingerprint density at radius 1 is 1.33 bits per heavy atom. The van der Waals surface area contributed by atoms with Gasteiger partial charge in [-0.1, -0.05) is 18.5 Å². The van der Waals surface area contributed by atoms with Gasteiger partial charge in [-0.05, 0) is 59.2 Å². The van der Waals surface area contributed by atoms with Gasteiger partial charge >= 0.3 is 0 Å². The van der Waals surface area contributed by atoms with Crippen molar-refractivity contribution in [3.05, 3.63) is 49.6 Å². The summed E-state index contributed by atoms with van der Waals surface area (Å²) in [4.78, 5) is 1.33. The molecule has 0 saturated heterocycles. The summed E-state index contributed by atoms with van der Waals surface area (Å²) < 4.78 is 6.66. The molecule has 1 atom stereocenters. The van der Waals surface area contributed by atoms with Crippen LogP contribution in [0.5, 0.6) is 5.75 Å². The van der Waals surface area contributed by atoms with Crippen molar-refractivity contribution in [3.8, 4) is 5.75 Å². The third kappa shape index (κ3) is 4.71. The summed E-state index contributed by atoms with van der Waals surface area (Å²) in [5.74, 6) is 0.878. The standard InChI is InChI=1S/C16H19BrClNOS/c1-3-8-19-14(10-12-5-7-16(17)21-12)13-9-11(18)4-6-15(13)20-2/h4-7,9,14,19H,3,8,10H2,1-2H3. The third-order valence-corrected chi connectivity index (χ3v) is 5.12. The minimum absolute atomic E-state index is 0.198. The number of hydrogen-bond donors (Lipinski definition) is 1. The lowest BCUT2D eigenvalue weighted by atomic mass is 10.0. The molecule has 2 aromatic rings. The number of ether oxygens (including phenoxy) is 1. The third-order valence-electron chi connectivity index (χ3n) is 3.24. The fraction of sp³-hybridized carbons (Fsp3) is 0.375. The second-order valence-corrected chi connectivity index (χ2v) is 7.79. The van der Waals surface area contributed by atoms with Gasteiger partial charge in [0.2, 0.25) is 0 Å². The van der Waals surface area contributed by atoms with E-state index in [1.807, 2.05) is 18.2 Å². The van der Waals surface area contributed by atoms with E-state index in [2.05, 4.69) is 40.3 Å². The number of benzene rings is 1. The number of methoxy groups -OCH3 is 1. The zero-order valence-corrected chi connectivity index (χ0v) is 15.3. The zero-order chi connectivity index (χ0) is 15.2. The van der Waals surface area contributed by atoms with Gasteiger partial charge in [-0.25, -0.2) is 0 Å². The number of rotatable bonds is 7. The molecule has 1 N–H and O–H groups in total. The van der Waals surface area contributed by atoms with Gasteiger partial charge in [-0.2, -0.15) is 0 Å². The minimum atomic E-state index is 0.198. The lowest BCUT2D eigenvalue weighted by molar-refractivity contribution is 0.398. The van der Waals surface area contributed by atoms with Crippen molar-refractivity contribution in [2.75, 3.05) is 13.7 Å². The van der Waals surface area contributed by atoms with E-state index in [9.17, 15) is 0 Å². The molecule has 0 bridgehead atoms. The molecule has 114 valence electrons. The molecule has 21 heavy (non-hydrogen) atoms. The first-order chi connectivity index (χ1) is 10.1. The highest BCUT2D eigenvalue weighted by Crippen LogP contribution is 2.32. The van der Waals surface area contributed by atoms with Crippen LogP contribution in [0.3, 0.4) is 0 Å². The number of halogens is 2. The summed E-state index contributed by atoms with van der Waals surface area (Å²) in [5.41, 5.74) is 1.11. The van der Waals surface area contributed by atoms with Crippen molar-refractivity contribution in [2.45, 2.75) is 25.8 Å². The maximum atomic E-state index is 6.17. The van der Waals surface area contributed by atoms with Gasteiger partial charge in [0, 0.05) is 27.9 Å². The van der Waals surface area contributed by atoms with Crippen LogP contribution in [0.1, 0.15) is 29.8 Å². The Balaban J connectivity index is 2.28. The predicted molar refractivity (Wildman–Crippen MR) is 94.8 cm³/mol. The predicted octanol–water partition coefficient (Wildman–Crippen LogP) is 5.46. The highest BCUT2D eigenvalue weighted by molar-refractivity contribution is 9.11. The van der Waals surface area contributed by atoms with E-state index >= 15 is 0 Å². The van der Waals surface area contributed by atoms with Crippen LogP contribution in [0.2, 0.25) is 5.02 Å². The van der Waals surface area contributed by atoms with Gasteiger partial charge in [0.1, 0.15) is 5.75 Å².